The molecule has 3 heterocycles. The molecule has 0 saturated heterocycles. The molecule has 0 unspecified atom stereocenters. The van der Waals surface area contributed by atoms with Gasteiger partial charge >= 0.3 is 0 Å². The average molecular weight is 359 g/mol. The van der Waals surface area contributed by atoms with Crippen molar-refractivity contribution in [2.24, 2.45) is 0 Å². The van der Waals surface area contributed by atoms with Gasteiger partial charge in [0.05, 0.1) is 11.2 Å². The predicted octanol–water partition coefficient (Wildman–Crippen LogP) is 4.37. The molecule has 0 bridgehead atoms. The summed E-state index contributed by atoms with van der Waals surface area (Å²) in [5.74, 6) is 1.55. The molecule has 3 aromatic heterocycles. The normalized spacial score (nSPS) is 10.9. The van der Waals surface area contributed by atoms with Gasteiger partial charge in [0.2, 0.25) is 0 Å². The van der Waals surface area contributed by atoms with E-state index in [1.807, 2.05) is 36.4 Å². The molecule has 1 aromatic carbocycles. The number of rotatable bonds is 6. The molecule has 0 saturated carbocycles. The zero-order chi connectivity index (χ0) is 17.8. The number of hydrogen-bond donors (Lipinski definition) is 0. The molecule has 6 heteroatoms. The van der Waals surface area contributed by atoms with Crippen LogP contribution in [0.2, 0.25) is 0 Å². The zero-order valence-electron chi connectivity index (χ0n) is 14.1. The summed E-state index contributed by atoms with van der Waals surface area (Å²) in [7, 11) is 0. The number of thioether (sulfide) groups is 1. The molecule has 4 rings (SSSR count). The van der Waals surface area contributed by atoms with E-state index in [-0.39, 0.29) is 0 Å². The van der Waals surface area contributed by atoms with Gasteiger partial charge in [-0.25, -0.2) is 0 Å². The first-order chi connectivity index (χ1) is 12.8. The number of benzene rings is 1. The monoisotopic (exact) mass is 359 g/mol. The fourth-order valence-electron chi connectivity index (χ4n) is 2.73. The Balaban J connectivity index is 1.59. The summed E-state index contributed by atoms with van der Waals surface area (Å²) in [5, 5.41) is 10.7. The number of fused-ring (bicyclic) bond motifs is 1. The molecule has 0 aliphatic carbocycles. The molecule has 0 aliphatic heterocycles. The van der Waals surface area contributed by atoms with Gasteiger partial charge in [-0.15, -0.1) is 16.8 Å². The number of pyridine rings is 2. The van der Waals surface area contributed by atoms with Crippen LogP contribution in [0, 0.1) is 0 Å². The first kappa shape index (κ1) is 16.5. The third kappa shape index (κ3) is 3.36. The summed E-state index contributed by atoms with van der Waals surface area (Å²) < 4.78 is 2.06. The van der Waals surface area contributed by atoms with E-state index in [0.717, 1.165) is 38.9 Å². The summed E-state index contributed by atoms with van der Waals surface area (Å²) in [6.07, 6.45) is 5.37. The van der Waals surface area contributed by atoms with Crippen molar-refractivity contribution >= 4 is 22.7 Å². The molecule has 5 nitrogen and oxygen atoms in total. The Labute approximate surface area is 155 Å². The molecular formula is C20H17N5S. The van der Waals surface area contributed by atoms with Crippen molar-refractivity contribution in [1.29, 1.82) is 0 Å². The van der Waals surface area contributed by atoms with Crippen LogP contribution >= 0.6 is 11.8 Å². The number of para-hydroxylation sites is 1. The summed E-state index contributed by atoms with van der Waals surface area (Å²) in [6, 6.07) is 16.2. The van der Waals surface area contributed by atoms with Crippen LogP contribution in [0.3, 0.4) is 0 Å². The number of aromatic nitrogens is 5. The topological polar surface area (TPSA) is 56.5 Å². The van der Waals surface area contributed by atoms with Crippen molar-refractivity contribution in [3.63, 3.8) is 0 Å². The van der Waals surface area contributed by atoms with Crippen molar-refractivity contribution in [2.45, 2.75) is 17.5 Å². The highest BCUT2D eigenvalue weighted by Crippen LogP contribution is 2.26. The van der Waals surface area contributed by atoms with Gasteiger partial charge in [0.1, 0.15) is 0 Å². The molecule has 0 radical (unpaired) electrons. The van der Waals surface area contributed by atoms with Gasteiger partial charge in [-0.05, 0) is 24.3 Å². The lowest BCUT2D eigenvalue weighted by Gasteiger charge is -2.07. The van der Waals surface area contributed by atoms with Crippen LogP contribution in [0.1, 0.15) is 5.69 Å². The Kier molecular flexibility index (Phi) is 4.75. The third-order valence-corrected chi connectivity index (χ3v) is 4.97. The molecule has 0 amide bonds. The van der Waals surface area contributed by atoms with E-state index in [1.165, 1.54) is 0 Å². The maximum absolute atomic E-state index is 4.72. The van der Waals surface area contributed by atoms with Gasteiger partial charge in [-0.3, -0.25) is 14.5 Å². The van der Waals surface area contributed by atoms with Crippen LogP contribution in [0.4, 0.5) is 0 Å². The lowest BCUT2D eigenvalue weighted by molar-refractivity contribution is 0.731. The second kappa shape index (κ2) is 7.49. The molecule has 128 valence electrons. The predicted molar refractivity (Wildman–Crippen MR) is 105 cm³/mol. The number of hydrogen-bond acceptors (Lipinski definition) is 5. The van der Waals surface area contributed by atoms with E-state index in [4.69, 9.17) is 4.98 Å². The second-order valence-corrected chi connectivity index (χ2v) is 6.67. The maximum atomic E-state index is 4.72. The number of nitrogens with zero attached hydrogens (tertiary/aromatic N) is 5. The van der Waals surface area contributed by atoms with Crippen LogP contribution < -0.4 is 0 Å². The molecule has 0 fully saturated rings. The SMILES string of the molecule is C=CCn1c(SCc2ccc3ccccc3n2)nnc1-c1ccncc1. The summed E-state index contributed by atoms with van der Waals surface area (Å²) >= 11 is 1.63. The van der Waals surface area contributed by atoms with Crippen molar-refractivity contribution in [3.8, 4) is 11.4 Å². The minimum absolute atomic E-state index is 0.651. The van der Waals surface area contributed by atoms with Crippen LogP contribution in [-0.4, -0.2) is 24.7 Å². The highest BCUT2D eigenvalue weighted by atomic mass is 32.2. The van der Waals surface area contributed by atoms with Crippen LogP contribution in [-0.2, 0) is 12.3 Å². The summed E-state index contributed by atoms with van der Waals surface area (Å²) in [6.45, 7) is 4.50. The Bertz CT molecular complexity index is 1040. The van der Waals surface area contributed by atoms with Crippen LogP contribution in [0.25, 0.3) is 22.3 Å². The highest BCUT2D eigenvalue weighted by molar-refractivity contribution is 7.98. The van der Waals surface area contributed by atoms with Crippen molar-refractivity contribution in [1.82, 2.24) is 24.7 Å². The summed E-state index contributed by atoms with van der Waals surface area (Å²) in [4.78, 5) is 8.79. The first-order valence-electron chi connectivity index (χ1n) is 8.27. The van der Waals surface area contributed by atoms with E-state index >= 15 is 0 Å². The fraction of sp³-hybridized carbons (Fsp3) is 0.100. The second-order valence-electron chi connectivity index (χ2n) is 5.73. The Morgan fingerprint density at radius 3 is 2.69 bits per heavy atom. The maximum Gasteiger partial charge on any atom is 0.192 e. The van der Waals surface area contributed by atoms with Gasteiger partial charge < -0.3 is 0 Å². The first-order valence-corrected chi connectivity index (χ1v) is 9.25. The molecule has 0 aliphatic rings. The summed E-state index contributed by atoms with van der Waals surface area (Å²) in [5.41, 5.74) is 3.02. The van der Waals surface area contributed by atoms with Gasteiger partial charge in [-0.1, -0.05) is 42.1 Å². The van der Waals surface area contributed by atoms with Crippen molar-refractivity contribution < 1.29 is 0 Å². The largest absolute Gasteiger partial charge is 0.298 e. The smallest absolute Gasteiger partial charge is 0.192 e. The molecule has 4 aromatic rings. The average Bonchev–Trinajstić information content (AvgIpc) is 3.10. The van der Waals surface area contributed by atoms with Gasteiger partial charge in [0.15, 0.2) is 11.0 Å². The van der Waals surface area contributed by atoms with E-state index in [0.29, 0.717) is 6.54 Å². The lowest BCUT2D eigenvalue weighted by Crippen LogP contribution is -2.01. The van der Waals surface area contributed by atoms with E-state index in [1.54, 1.807) is 24.2 Å². The van der Waals surface area contributed by atoms with Crippen molar-refractivity contribution in [3.05, 3.63) is 79.3 Å². The molecule has 0 spiro atoms. The quantitative estimate of drug-likeness (QED) is 0.378. The van der Waals surface area contributed by atoms with Gasteiger partial charge in [0.25, 0.3) is 0 Å². The standard InChI is InChI=1S/C20H17N5S/c1-2-13-25-19(16-9-11-21-12-10-16)23-24-20(25)26-14-17-8-7-15-5-3-4-6-18(15)22-17/h2-12H,1,13-14H2. The minimum Gasteiger partial charge on any atom is -0.298 e. The fourth-order valence-corrected chi connectivity index (χ4v) is 3.58. The van der Waals surface area contributed by atoms with Crippen LogP contribution in [0.5, 0.6) is 0 Å². The van der Waals surface area contributed by atoms with Gasteiger partial charge in [0, 0.05) is 35.6 Å². The molecular weight excluding hydrogens is 342 g/mol. The highest BCUT2D eigenvalue weighted by Gasteiger charge is 2.13. The Morgan fingerprint density at radius 2 is 1.85 bits per heavy atom. The van der Waals surface area contributed by atoms with E-state index in [9.17, 15) is 0 Å². The molecule has 26 heavy (non-hydrogen) atoms. The Hall–Kier alpha value is -2.99. The number of allylic oxidation sites excluding steroid dienone is 1. The third-order valence-electron chi connectivity index (χ3n) is 3.97. The van der Waals surface area contributed by atoms with E-state index in [2.05, 4.69) is 44.5 Å². The molecule has 0 atom stereocenters. The lowest BCUT2D eigenvalue weighted by atomic mass is 10.2. The zero-order valence-corrected chi connectivity index (χ0v) is 14.9. The van der Waals surface area contributed by atoms with Crippen LogP contribution in [0.15, 0.2) is 78.7 Å². The minimum atomic E-state index is 0.651. The van der Waals surface area contributed by atoms with Crippen molar-refractivity contribution in [2.75, 3.05) is 0 Å². The molecule has 0 N–H and O–H groups in total. The van der Waals surface area contributed by atoms with E-state index < -0.39 is 0 Å². The Morgan fingerprint density at radius 1 is 1.00 bits per heavy atom. The van der Waals surface area contributed by atoms with Gasteiger partial charge in [-0.2, -0.15) is 0 Å².